The Hall–Kier alpha value is -2.37. The van der Waals surface area contributed by atoms with E-state index < -0.39 is 0 Å². The smallest absolute Gasteiger partial charge is 0.111 e. The van der Waals surface area contributed by atoms with Crippen molar-refractivity contribution in [3.05, 3.63) is 35.7 Å². The molecule has 4 rings (SSSR count). The molecule has 0 bridgehead atoms. The van der Waals surface area contributed by atoms with Crippen LogP contribution in [0.25, 0.3) is 0 Å². The Balaban J connectivity index is 1.40. The zero-order chi connectivity index (χ0) is 22.6. The molecule has 0 aromatic rings. The monoisotopic (exact) mass is 450 g/mol. The number of nitrogens with zero attached hydrogens (tertiary/aromatic N) is 3. The van der Waals surface area contributed by atoms with Gasteiger partial charge < -0.3 is 16.0 Å². The lowest BCUT2D eigenvalue weighted by Crippen LogP contribution is -2.42. The molecular formula is C27H42N6. The average Bonchev–Trinajstić information content (AvgIpc) is 2.86. The van der Waals surface area contributed by atoms with Crippen LogP contribution in [0.4, 0.5) is 0 Å². The Morgan fingerprint density at radius 1 is 0.424 bits per heavy atom. The Morgan fingerprint density at radius 2 is 0.697 bits per heavy atom. The summed E-state index contributed by atoms with van der Waals surface area (Å²) < 4.78 is 0. The first kappa shape index (κ1) is 23.8. The van der Waals surface area contributed by atoms with Gasteiger partial charge in [0, 0.05) is 36.8 Å². The fraction of sp³-hybridized carbons (Fsp3) is 0.667. The van der Waals surface area contributed by atoms with E-state index in [9.17, 15) is 0 Å². The summed E-state index contributed by atoms with van der Waals surface area (Å²) in [5.74, 6) is 2.76. The van der Waals surface area contributed by atoms with Crippen molar-refractivity contribution in [1.29, 1.82) is 0 Å². The number of nitrogens with one attached hydrogen (secondary N) is 3. The highest BCUT2D eigenvalue weighted by atomic mass is 15.3. The zero-order valence-corrected chi connectivity index (χ0v) is 20.1. The van der Waals surface area contributed by atoms with Crippen LogP contribution in [0.3, 0.4) is 0 Å². The lowest BCUT2D eigenvalue weighted by molar-refractivity contribution is 0.444. The standard InChI is InChI=1S/C27H42N6/c1-4-10-22(11-5-1)28-19-16-25-31-26(17-20-29-23-12-6-2-7-13-23)33-27(32-25)18-21-30-24-14-8-3-9-15-24/h16-24,31-33H,1-15H2. The van der Waals surface area contributed by atoms with Crippen LogP contribution in [-0.4, -0.2) is 36.8 Å². The van der Waals surface area contributed by atoms with E-state index in [0.717, 1.165) is 17.5 Å². The Bertz CT molecular complexity index is 656. The van der Waals surface area contributed by atoms with Gasteiger partial charge in [0.25, 0.3) is 0 Å². The molecule has 0 unspecified atom stereocenters. The number of hydrogen-bond donors (Lipinski definition) is 3. The van der Waals surface area contributed by atoms with Crippen LogP contribution >= 0.6 is 0 Å². The number of rotatable bonds is 6. The Labute approximate surface area is 199 Å². The molecule has 3 aliphatic carbocycles. The van der Waals surface area contributed by atoms with E-state index >= 15 is 0 Å². The highest BCUT2D eigenvalue weighted by molar-refractivity contribution is 5.75. The summed E-state index contributed by atoms with van der Waals surface area (Å²) >= 11 is 0. The van der Waals surface area contributed by atoms with Crippen molar-refractivity contribution in [1.82, 2.24) is 16.0 Å². The van der Waals surface area contributed by atoms with Gasteiger partial charge in [-0.3, -0.25) is 15.0 Å². The van der Waals surface area contributed by atoms with Crippen LogP contribution < -0.4 is 16.0 Å². The van der Waals surface area contributed by atoms with Crippen LogP contribution in [0.5, 0.6) is 0 Å². The van der Waals surface area contributed by atoms with Crippen molar-refractivity contribution >= 4 is 18.6 Å². The highest BCUT2D eigenvalue weighted by Gasteiger charge is 2.14. The molecule has 4 fully saturated rings. The van der Waals surface area contributed by atoms with Crippen LogP contribution in [0.1, 0.15) is 96.3 Å². The van der Waals surface area contributed by atoms with Gasteiger partial charge in [0.1, 0.15) is 17.5 Å². The maximum atomic E-state index is 4.78. The molecule has 0 amide bonds. The number of aliphatic imine (C=N–C) groups is 3. The van der Waals surface area contributed by atoms with E-state index in [2.05, 4.69) is 16.0 Å². The molecule has 1 saturated heterocycles. The second kappa shape index (κ2) is 13.4. The molecule has 180 valence electrons. The van der Waals surface area contributed by atoms with E-state index in [1.165, 1.54) is 96.3 Å². The van der Waals surface area contributed by atoms with Crippen molar-refractivity contribution in [2.45, 2.75) is 114 Å². The van der Waals surface area contributed by atoms with Crippen LogP contribution in [0.2, 0.25) is 0 Å². The second-order valence-corrected chi connectivity index (χ2v) is 9.89. The van der Waals surface area contributed by atoms with E-state index in [1.807, 2.05) is 36.9 Å². The summed E-state index contributed by atoms with van der Waals surface area (Å²) in [6, 6.07) is 1.44. The molecule has 1 aliphatic heterocycles. The van der Waals surface area contributed by atoms with Crippen LogP contribution in [-0.2, 0) is 0 Å². The maximum Gasteiger partial charge on any atom is 0.111 e. The molecule has 0 aromatic heterocycles. The first-order valence-corrected chi connectivity index (χ1v) is 13.4. The van der Waals surface area contributed by atoms with Crippen molar-refractivity contribution in [3.63, 3.8) is 0 Å². The molecular weight excluding hydrogens is 408 g/mol. The van der Waals surface area contributed by atoms with Crippen molar-refractivity contribution in [2.75, 3.05) is 0 Å². The van der Waals surface area contributed by atoms with Gasteiger partial charge in [-0.2, -0.15) is 0 Å². The molecule has 0 radical (unpaired) electrons. The van der Waals surface area contributed by atoms with E-state index in [1.54, 1.807) is 0 Å². The SMILES string of the molecule is C(C=C1NC(=CC=NC2CCCCC2)NC(=CC=NC2CCCCC2)N1)=NC1CCCCC1. The zero-order valence-electron chi connectivity index (χ0n) is 20.1. The summed E-state index contributed by atoms with van der Waals surface area (Å²) in [5.41, 5.74) is 0. The Kier molecular flexibility index (Phi) is 9.63. The van der Waals surface area contributed by atoms with Gasteiger partial charge in [-0.05, 0) is 56.8 Å². The third kappa shape index (κ3) is 8.49. The summed E-state index contributed by atoms with van der Waals surface area (Å²) in [6.07, 6.45) is 31.2. The molecule has 33 heavy (non-hydrogen) atoms. The molecule has 0 spiro atoms. The topological polar surface area (TPSA) is 73.2 Å². The van der Waals surface area contributed by atoms with Crippen LogP contribution in [0.15, 0.2) is 50.7 Å². The molecule has 3 saturated carbocycles. The Morgan fingerprint density at radius 3 is 0.970 bits per heavy atom. The van der Waals surface area contributed by atoms with Gasteiger partial charge in [0.15, 0.2) is 0 Å². The first-order chi connectivity index (χ1) is 16.3. The van der Waals surface area contributed by atoms with Crippen molar-refractivity contribution in [3.8, 4) is 0 Å². The third-order valence-corrected chi connectivity index (χ3v) is 7.15. The molecule has 6 heteroatoms. The third-order valence-electron chi connectivity index (χ3n) is 7.15. The number of hydrogen-bond acceptors (Lipinski definition) is 6. The summed E-state index contributed by atoms with van der Waals surface area (Å²) in [4.78, 5) is 14.3. The van der Waals surface area contributed by atoms with E-state index in [-0.39, 0.29) is 0 Å². The predicted molar refractivity (Wildman–Crippen MR) is 140 cm³/mol. The minimum atomic E-state index is 0.479. The summed E-state index contributed by atoms with van der Waals surface area (Å²) in [6.45, 7) is 0. The van der Waals surface area contributed by atoms with Crippen LogP contribution in [0, 0.1) is 0 Å². The first-order valence-electron chi connectivity index (χ1n) is 13.4. The van der Waals surface area contributed by atoms with Gasteiger partial charge >= 0.3 is 0 Å². The van der Waals surface area contributed by atoms with Gasteiger partial charge in [0.05, 0.1) is 0 Å². The fourth-order valence-electron chi connectivity index (χ4n) is 5.19. The second-order valence-electron chi connectivity index (χ2n) is 9.89. The van der Waals surface area contributed by atoms with Gasteiger partial charge in [-0.15, -0.1) is 0 Å². The molecule has 4 aliphatic rings. The van der Waals surface area contributed by atoms with Gasteiger partial charge in [-0.1, -0.05) is 57.8 Å². The maximum absolute atomic E-state index is 4.78. The molecule has 0 atom stereocenters. The molecule has 1 heterocycles. The molecule has 6 nitrogen and oxygen atoms in total. The van der Waals surface area contributed by atoms with E-state index in [4.69, 9.17) is 15.0 Å². The van der Waals surface area contributed by atoms with Crippen molar-refractivity contribution < 1.29 is 0 Å². The van der Waals surface area contributed by atoms with E-state index in [0.29, 0.717) is 18.1 Å². The normalized spacial score (nSPS) is 24.2. The lowest BCUT2D eigenvalue weighted by Gasteiger charge is -2.26. The largest absolute Gasteiger partial charge is 0.328 e. The van der Waals surface area contributed by atoms with Gasteiger partial charge in [0.2, 0.25) is 0 Å². The van der Waals surface area contributed by atoms with Crippen molar-refractivity contribution in [2.24, 2.45) is 15.0 Å². The average molecular weight is 451 g/mol. The minimum Gasteiger partial charge on any atom is -0.328 e. The number of allylic oxidation sites excluding steroid dienone is 3. The quantitative estimate of drug-likeness (QED) is 0.468. The predicted octanol–water partition coefficient (Wildman–Crippen LogP) is 5.50. The summed E-state index contributed by atoms with van der Waals surface area (Å²) in [5, 5.41) is 10.3. The lowest BCUT2D eigenvalue weighted by atomic mass is 9.96. The molecule has 3 N–H and O–H groups in total. The molecule has 0 aromatic carbocycles. The summed E-state index contributed by atoms with van der Waals surface area (Å²) in [7, 11) is 0. The van der Waals surface area contributed by atoms with Gasteiger partial charge in [-0.25, -0.2) is 0 Å². The minimum absolute atomic E-state index is 0.479. The fourth-order valence-corrected chi connectivity index (χ4v) is 5.19. The highest BCUT2D eigenvalue weighted by Crippen LogP contribution is 2.21.